The molecule has 0 bridgehead atoms. The van der Waals surface area contributed by atoms with Gasteiger partial charge in [0.2, 0.25) is 0 Å². The number of aromatic nitrogens is 2. The molecule has 3 rings (SSSR count). The van der Waals surface area contributed by atoms with E-state index in [1.54, 1.807) is 0 Å². The summed E-state index contributed by atoms with van der Waals surface area (Å²) in [5.41, 5.74) is 3.65. The van der Waals surface area contributed by atoms with E-state index in [4.69, 9.17) is 0 Å². The molecular weight excluding hydrogens is 272 g/mol. The number of hydrogen-bond donors (Lipinski definition) is 1. The molecule has 5 heteroatoms. The summed E-state index contributed by atoms with van der Waals surface area (Å²) in [6, 6.07) is 7.79. The summed E-state index contributed by atoms with van der Waals surface area (Å²) in [7, 11) is 2.04. The maximum absolute atomic E-state index is 4.44. The topological polar surface area (TPSA) is 33.1 Å². The maximum atomic E-state index is 4.44. The first kappa shape index (κ1) is 15.3. The molecule has 2 atom stereocenters. The Balaban J connectivity index is 0.00000147. The third-order valence-electron chi connectivity index (χ3n) is 4.07. The van der Waals surface area contributed by atoms with E-state index in [0.29, 0.717) is 12.1 Å². The lowest BCUT2D eigenvalue weighted by molar-refractivity contribution is 0.139. The van der Waals surface area contributed by atoms with Gasteiger partial charge < -0.3 is 9.88 Å². The van der Waals surface area contributed by atoms with Gasteiger partial charge in [-0.2, -0.15) is 0 Å². The standard InChI is InChI=1S/C15H22N4.ClH/c1-11-8-19(12(2)7-16-11)9-13-4-5-15-14(6-13)17-10-18(15)3;/h4-6,10-12,16H,7-9H2,1-3H3;1H. The average Bonchev–Trinajstić information content (AvgIpc) is 2.75. The Morgan fingerprint density at radius 3 is 2.95 bits per heavy atom. The number of hydrogen-bond acceptors (Lipinski definition) is 3. The highest BCUT2D eigenvalue weighted by Crippen LogP contribution is 2.17. The van der Waals surface area contributed by atoms with Crippen molar-refractivity contribution in [1.82, 2.24) is 19.8 Å². The number of fused-ring (bicyclic) bond motifs is 1. The van der Waals surface area contributed by atoms with Crippen molar-refractivity contribution >= 4 is 23.4 Å². The Labute approximate surface area is 126 Å². The molecule has 0 spiro atoms. The highest BCUT2D eigenvalue weighted by molar-refractivity contribution is 5.85. The summed E-state index contributed by atoms with van der Waals surface area (Å²) in [6.45, 7) is 7.74. The molecule has 20 heavy (non-hydrogen) atoms. The summed E-state index contributed by atoms with van der Waals surface area (Å²) < 4.78 is 2.06. The third-order valence-corrected chi connectivity index (χ3v) is 4.07. The van der Waals surface area contributed by atoms with E-state index in [1.807, 2.05) is 13.4 Å². The van der Waals surface area contributed by atoms with E-state index >= 15 is 0 Å². The first-order chi connectivity index (χ1) is 9.13. The number of piperazine rings is 1. The third kappa shape index (κ3) is 2.97. The number of rotatable bonds is 2. The van der Waals surface area contributed by atoms with Crippen LogP contribution in [0.1, 0.15) is 19.4 Å². The molecule has 0 amide bonds. The first-order valence-corrected chi connectivity index (χ1v) is 7.01. The van der Waals surface area contributed by atoms with Gasteiger partial charge in [-0.3, -0.25) is 4.90 Å². The van der Waals surface area contributed by atoms with Crippen LogP contribution >= 0.6 is 12.4 Å². The molecule has 4 nitrogen and oxygen atoms in total. The zero-order valence-corrected chi connectivity index (χ0v) is 13.2. The van der Waals surface area contributed by atoms with Crippen LogP contribution in [0.4, 0.5) is 0 Å². The molecule has 1 aliphatic heterocycles. The van der Waals surface area contributed by atoms with Crippen LogP contribution in [0.3, 0.4) is 0 Å². The predicted octanol–water partition coefficient (Wildman–Crippen LogP) is 2.18. The van der Waals surface area contributed by atoms with E-state index in [-0.39, 0.29) is 12.4 Å². The Morgan fingerprint density at radius 2 is 2.15 bits per heavy atom. The van der Waals surface area contributed by atoms with Crippen molar-refractivity contribution in [1.29, 1.82) is 0 Å². The number of nitrogens with zero attached hydrogens (tertiary/aromatic N) is 3. The van der Waals surface area contributed by atoms with Gasteiger partial charge in [-0.1, -0.05) is 6.07 Å². The Bertz CT molecular complexity index is 580. The summed E-state index contributed by atoms with van der Waals surface area (Å²) >= 11 is 0. The molecule has 2 unspecified atom stereocenters. The summed E-state index contributed by atoms with van der Waals surface area (Å²) in [4.78, 5) is 6.98. The van der Waals surface area contributed by atoms with Gasteiger partial charge in [-0.05, 0) is 31.5 Å². The number of benzene rings is 1. The van der Waals surface area contributed by atoms with Crippen LogP contribution in [-0.2, 0) is 13.6 Å². The highest BCUT2D eigenvalue weighted by atomic mass is 35.5. The molecule has 2 heterocycles. The average molecular weight is 295 g/mol. The fourth-order valence-corrected chi connectivity index (χ4v) is 2.83. The van der Waals surface area contributed by atoms with Crippen molar-refractivity contribution in [2.45, 2.75) is 32.5 Å². The largest absolute Gasteiger partial charge is 0.334 e. The van der Waals surface area contributed by atoms with Crippen LogP contribution < -0.4 is 5.32 Å². The smallest absolute Gasteiger partial charge is 0.0955 e. The number of halogens is 1. The molecule has 2 aromatic rings. The van der Waals surface area contributed by atoms with Gasteiger partial charge in [0.25, 0.3) is 0 Å². The molecule has 1 saturated heterocycles. The highest BCUT2D eigenvalue weighted by Gasteiger charge is 2.22. The second-order valence-electron chi connectivity index (χ2n) is 5.77. The maximum Gasteiger partial charge on any atom is 0.0955 e. The number of imidazole rings is 1. The zero-order valence-electron chi connectivity index (χ0n) is 12.3. The fourth-order valence-electron chi connectivity index (χ4n) is 2.83. The Morgan fingerprint density at radius 1 is 1.35 bits per heavy atom. The fraction of sp³-hybridized carbons (Fsp3) is 0.533. The lowest BCUT2D eigenvalue weighted by atomic mass is 10.1. The molecule has 1 aliphatic rings. The molecule has 1 fully saturated rings. The molecule has 1 N–H and O–H groups in total. The molecule has 1 aromatic heterocycles. The van der Waals surface area contributed by atoms with Crippen LogP contribution in [0.25, 0.3) is 11.0 Å². The van der Waals surface area contributed by atoms with Crippen molar-refractivity contribution in [3.63, 3.8) is 0 Å². The van der Waals surface area contributed by atoms with Gasteiger partial charge in [0.05, 0.1) is 17.4 Å². The number of aryl methyl sites for hydroxylation is 1. The lowest BCUT2D eigenvalue weighted by Gasteiger charge is -2.37. The minimum atomic E-state index is 0. The minimum Gasteiger partial charge on any atom is -0.334 e. The molecule has 0 saturated carbocycles. The van der Waals surface area contributed by atoms with Crippen LogP contribution in [0.2, 0.25) is 0 Å². The van der Waals surface area contributed by atoms with Gasteiger partial charge in [-0.25, -0.2) is 4.98 Å². The van der Waals surface area contributed by atoms with E-state index in [2.05, 4.69) is 51.8 Å². The Hall–Kier alpha value is -1.10. The van der Waals surface area contributed by atoms with Gasteiger partial charge in [0, 0.05) is 38.8 Å². The van der Waals surface area contributed by atoms with E-state index in [1.165, 1.54) is 11.1 Å². The van der Waals surface area contributed by atoms with Crippen LogP contribution in [0.5, 0.6) is 0 Å². The first-order valence-electron chi connectivity index (χ1n) is 7.01. The second-order valence-corrected chi connectivity index (χ2v) is 5.77. The van der Waals surface area contributed by atoms with Crippen LogP contribution in [0, 0.1) is 0 Å². The number of nitrogens with one attached hydrogen (secondary N) is 1. The summed E-state index contributed by atoms with van der Waals surface area (Å²) in [5, 5.41) is 3.52. The Kier molecular flexibility index (Phi) is 4.68. The molecule has 1 aromatic carbocycles. The normalized spacial score (nSPS) is 23.8. The van der Waals surface area contributed by atoms with E-state index in [9.17, 15) is 0 Å². The van der Waals surface area contributed by atoms with Crippen molar-refractivity contribution < 1.29 is 0 Å². The van der Waals surface area contributed by atoms with Gasteiger partial charge in [0.1, 0.15) is 0 Å². The summed E-state index contributed by atoms with van der Waals surface area (Å²) in [6.07, 6.45) is 1.88. The van der Waals surface area contributed by atoms with Crippen molar-refractivity contribution in [2.75, 3.05) is 13.1 Å². The monoisotopic (exact) mass is 294 g/mol. The van der Waals surface area contributed by atoms with Gasteiger partial charge in [0.15, 0.2) is 0 Å². The molecular formula is C15H23ClN4. The molecule has 0 aliphatic carbocycles. The second kappa shape index (κ2) is 6.12. The molecule has 0 radical (unpaired) electrons. The van der Waals surface area contributed by atoms with Crippen molar-refractivity contribution in [3.05, 3.63) is 30.1 Å². The van der Waals surface area contributed by atoms with Crippen molar-refractivity contribution in [3.8, 4) is 0 Å². The quantitative estimate of drug-likeness (QED) is 0.922. The van der Waals surface area contributed by atoms with Crippen LogP contribution in [-0.4, -0.2) is 39.6 Å². The van der Waals surface area contributed by atoms with E-state index < -0.39 is 0 Å². The SMILES string of the molecule is CC1CN(Cc2ccc3c(c2)ncn3C)C(C)CN1.Cl. The van der Waals surface area contributed by atoms with Crippen LogP contribution in [0.15, 0.2) is 24.5 Å². The lowest BCUT2D eigenvalue weighted by Crippen LogP contribution is -2.53. The van der Waals surface area contributed by atoms with Gasteiger partial charge >= 0.3 is 0 Å². The van der Waals surface area contributed by atoms with Crippen molar-refractivity contribution in [2.24, 2.45) is 7.05 Å². The van der Waals surface area contributed by atoms with E-state index in [0.717, 1.165) is 25.2 Å². The minimum absolute atomic E-state index is 0. The predicted molar refractivity (Wildman–Crippen MR) is 85.3 cm³/mol. The van der Waals surface area contributed by atoms with Gasteiger partial charge in [-0.15, -0.1) is 12.4 Å². The zero-order chi connectivity index (χ0) is 13.4. The summed E-state index contributed by atoms with van der Waals surface area (Å²) in [5.74, 6) is 0. The molecule has 110 valence electrons.